The summed E-state index contributed by atoms with van der Waals surface area (Å²) < 4.78 is 5.57. The summed E-state index contributed by atoms with van der Waals surface area (Å²) in [5, 5.41) is 0. The van der Waals surface area contributed by atoms with Crippen LogP contribution in [0.5, 0.6) is 0 Å². The molecule has 1 aromatic rings. The lowest BCUT2D eigenvalue weighted by atomic mass is 10.0. The van der Waals surface area contributed by atoms with E-state index in [0.717, 1.165) is 57.0 Å². The van der Waals surface area contributed by atoms with Crippen molar-refractivity contribution in [1.29, 1.82) is 0 Å². The van der Waals surface area contributed by atoms with Crippen molar-refractivity contribution in [2.45, 2.75) is 56.7 Å². The van der Waals surface area contributed by atoms with Crippen LogP contribution < -0.4 is 9.80 Å². The Hall–Kier alpha value is -1.89. The normalized spacial score (nSPS) is 23.9. The van der Waals surface area contributed by atoms with Crippen LogP contribution in [0.25, 0.3) is 0 Å². The molecule has 1 aromatic heterocycles. The van der Waals surface area contributed by atoms with Gasteiger partial charge in [0.15, 0.2) is 0 Å². The van der Waals surface area contributed by atoms with Crippen LogP contribution >= 0.6 is 0 Å². The second-order valence-corrected chi connectivity index (χ2v) is 7.83. The zero-order valence-electron chi connectivity index (χ0n) is 15.8. The Morgan fingerprint density at radius 1 is 1.08 bits per heavy atom. The summed E-state index contributed by atoms with van der Waals surface area (Å²) in [6.45, 7) is 2.36. The van der Waals surface area contributed by atoms with Crippen molar-refractivity contribution >= 4 is 17.5 Å². The molecule has 1 saturated carbocycles. The van der Waals surface area contributed by atoms with Gasteiger partial charge in [-0.2, -0.15) is 0 Å². The molecule has 3 fully saturated rings. The third-order valence-electron chi connectivity index (χ3n) is 5.68. The van der Waals surface area contributed by atoms with Crippen LogP contribution in [0.4, 0.5) is 11.6 Å². The Morgan fingerprint density at radius 3 is 2.38 bits per heavy atom. The number of anilines is 2. The van der Waals surface area contributed by atoms with Gasteiger partial charge in [-0.15, -0.1) is 0 Å². The van der Waals surface area contributed by atoms with Gasteiger partial charge in [0.1, 0.15) is 24.1 Å². The molecule has 2 aliphatic heterocycles. The molecule has 0 radical (unpaired) electrons. The first-order valence-corrected chi connectivity index (χ1v) is 9.81. The summed E-state index contributed by atoms with van der Waals surface area (Å²) in [5.74, 6) is 2.15. The molecule has 7 nitrogen and oxygen atoms in total. The van der Waals surface area contributed by atoms with Crippen LogP contribution in [0, 0.1) is 0 Å². The summed E-state index contributed by atoms with van der Waals surface area (Å²) in [5.41, 5.74) is 0. The first-order chi connectivity index (χ1) is 12.6. The lowest BCUT2D eigenvalue weighted by Gasteiger charge is -2.40. The largest absolute Gasteiger partial charge is 0.368 e. The molecule has 1 amide bonds. The Kier molecular flexibility index (Phi) is 4.98. The van der Waals surface area contributed by atoms with E-state index in [1.165, 1.54) is 12.8 Å². The van der Waals surface area contributed by atoms with Crippen LogP contribution in [0.15, 0.2) is 12.4 Å². The fraction of sp³-hybridized carbons (Fsp3) is 0.737. The first-order valence-electron chi connectivity index (χ1n) is 9.81. The predicted octanol–water partition coefficient (Wildman–Crippen LogP) is 1.68. The molecule has 26 heavy (non-hydrogen) atoms. The molecule has 0 spiro atoms. The number of carbonyl (C=O) groups excluding carboxylic acids is 1. The number of rotatable bonds is 5. The van der Waals surface area contributed by atoms with Crippen molar-refractivity contribution in [3.63, 3.8) is 0 Å². The third kappa shape index (κ3) is 3.63. The van der Waals surface area contributed by atoms with Crippen LogP contribution in [0.2, 0.25) is 0 Å². The number of nitrogens with zero attached hydrogens (tertiary/aromatic N) is 5. The lowest BCUT2D eigenvalue weighted by Crippen LogP contribution is -2.50. The molecule has 0 N–H and O–H groups in total. The van der Waals surface area contributed by atoms with Gasteiger partial charge in [0.05, 0.1) is 0 Å². The maximum absolute atomic E-state index is 12.6. The molecule has 0 aromatic carbocycles. The fourth-order valence-electron chi connectivity index (χ4n) is 4.09. The molecule has 1 unspecified atom stereocenters. The SMILES string of the molecule is CN(C)c1cc(N(C2CC2)C2CCN(C(=O)C3CCCO3)CC2)ncn1. The van der Waals surface area contributed by atoms with E-state index in [2.05, 4.69) is 20.9 Å². The van der Waals surface area contributed by atoms with E-state index in [0.29, 0.717) is 12.1 Å². The maximum atomic E-state index is 12.6. The van der Waals surface area contributed by atoms with Crippen molar-refractivity contribution in [3.8, 4) is 0 Å². The van der Waals surface area contributed by atoms with Crippen molar-refractivity contribution < 1.29 is 9.53 Å². The van der Waals surface area contributed by atoms with Gasteiger partial charge in [-0.25, -0.2) is 9.97 Å². The highest BCUT2D eigenvalue weighted by molar-refractivity contribution is 5.81. The summed E-state index contributed by atoms with van der Waals surface area (Å²) in [6.07, 6.45) is 7.80. The van der Waals surface area contributed by atoms with Gasteiger partial charge < -0.3 is 19.4 Å². The molecular weight excluding hydrogens is 330 g/mol. The average molecular weight is 359 g/mol. The molecule has 1 aliphatic carbocycles. The minimum atomic E-state index is -0.199. The fourth-order valence-corrected chi connectivity index (χ4v) is 4.09. The van der Waals surface area contributed by atoms with Crippen molar-refractivity contribution in [2.24, 2.45) is 0 Å². The van der Waals surface area contributed by atoms with E-state index in [1.54, 1.807) is 6.33 Å². The third-order valence-corrected chi connectivity index (χ3v) is 5.68. The van der Waals surface area contributed by atoms with Crippen LogP contribution in [0.1, 0.15) is 38.5 Å². The quantitative estimate of drug-likeness (QED) is 0.797. The van der Waals surface area contributed by atoms with E-state index in [9.17, 15) is 4.79 Å². The maximum Gasteiger partial charge on any atom is 0.251 e. The summed E-state index contributed by atoms with van der Waals surface area (Å²) in [6, 6.07) is 3.12. The molecule has 7 heteroatoms. The van der Waals surface area contributed by atoms with Gasteiger partial charge in [0.2, 0.25) is 0 Å². The summed E-state index contributed by atoms with van der Waals surface area (Å²) >= 11 is 0. The number of hydrogen-bond donors (Lipinski definition) is 0. The number of ether oxygens (including phenoxy) is 1. The Labute approximate surface area is 155 Å². The highest BCUT2D eigenvalue weighted by Gasteiger charge is 2.38. The highest BCUT2D eigenvalue weighted by atomic mass is 16.5. The molecule has 3 heterocycles. The Bertz CT molecular complexity index is 635. The molecule has 3 aliphatic rings. The number of amides is 1. The topological polar surface area (TPSA) is 61.8 Å². The van der Waals surface area contributed by atoms with E-state index >= 15 is 0 Å². The van der Waals surface area contributed by atoms with Gasteiger partial charge >= 0.3 is 0 Å². The van der Waals surface area contributed by atoms with Gasteiger partial charge in [0, 0.05) is 51.9 Å². The minimum Gasteiger partial charge on any atom is -0.368 e. The van der Waals surface area contributed by atoms with Gasteiger partial charge in [0.25, 0.3) is 5.91 Å². The van der Waals surface area contributed by atoms with Gasteiger partial charge in [-0.3, -0.25) is 4.79 Å². The van der Waals surface area contributed by atoms with Gasteiger partial charge in [-0.05, 0) is 38.5 Å². The zero-order valence-corrected chi connectivity index (χ0v) is 15.8. The standard InChI is InChI=1S/C19H29N5O2/c1-22(2)17-12-18(21-13-20-17)24(14-5-6-14)15-7-9-23(10-8-15)19(25)16-4-3-11-26-16/h12-16H,3-11H2,1-2H3. The number of carbonyl (C=O) groups is 1. The van der Waals surface area contributed by atoms with Crippen molar-refractivity contribution in [1.82, 2.24) is 14.9 Å². The smallest absolute Gasteiger partial charge is 0.251 e. The van der Waals surface area contributed by atoms with Crippen molar-refractivity contribution in [3.05, 3.63) is 12.4 Å². The van der Waals surface area contributed by atoms with E-state index in [-0.39, 0.29) is 12.0 Å². The second-order valence-electron chi connectivity index (χ2n) is 7.83. The first kappa shape index (κ1) is 17.5. The number of hydrogen-bond acceptors (Lipinski definition) is 6. The van der Waals surface area contributed by atoms with E-state index in [1.807, 2.05) is 23.9 Å². The van der Waals surface area contributed by atoms with Crippen LogP contribution in [0.3, 0.4) is 0 Å². The molecule has 1 atom stereocenters. The van der Waals surface area contributed by atoms with Crippen LogP contribution in [-0.4, -0.2) is 72.8 Å². The number of aromatic nitrogens is 2. The Morgan fingerprint density at radius 2 is 1.77 bits per heavy atom. The molecule has 4 rings (SSSR count). The monoisotopic (exact) mass is 359 g/mol. The van der Waals surface area contributed by atoms with E-state index in [4.69, 9.17) is 4.74 Å². The predicted molar refractivity (Wildman–Crippen MR) is 100 cm³/mol. The molecular formula is C19H29N5O2. The molecule has 2 saturated heterocycles. The highest BCUT2D eigenvalue weighted by Crippen LogP contribution is 2.36. The minimum absolute atomic E-state index is 0.191. The van der Waals surface area contributed by atoms with E-state index < -0.39 is 0 Å². The lowest BCUT2D eigenvalue weighted by molar-refractivity contribution is -0.142. The summed E-state index contributed by atoms with van der Waals surface area (Å²) in [4.78, 5) is 28.0. The second kappa shape index (κ2) is 7.39. The number of likely N-dealkylation sites (tertiary alicyclic amines) is 1. The van der Waals surface area contributed by atoms with Gasteiger partial charge in [-0.1, -0.05) is 0 Å². The van der Waals surface area contributed by atoms with Crippen LogP contribution in [-0.2, 0) is 9.53 Å². The molecule has 142 valence electrons. The zero-order chi connectivity index (χ0) is 18.1. The average Bonchev–Trinajstić information content (AvgIpc) is 3.33. The molecule has 0 bridgehead atoms. The Balaban J connectivity index is 1.43. The van der Waals surface area contributed by atoms with Crippen molar-refractivity contribution in [2.75, 3.05) is 43.6 Å². The summed E-state index contributed by atoms with van der Waals surface area (Å²) in [7, 11) is 4.01. The number of piperidine rings is 1.